The predicted octanol–water partition coefficient (Wildman–Crippen LogP) is 4.41. The van der Waals surface area contributed by atoms with Crippen LogP contribution in [0.5, 0.6) is 11.5 Å². The Morgan fingerprint density at radius 3 is 2.34 bits per heavy atom. The first kappa shape index (κ1) is 22.0. The summed E-state index contributed by atoms with van der Waals surface area (Å²) in [7, 11) is 3.17. The molecule has 0 aliphatic carbocycles. The third-order valence-corrected chi connectivity index (χ3v) is 5.83. The van der Waals surface area contributed by atoms with E-state index in [4.69, 9.17) is 14.5 Å². The van der Waals surface area contributed by atoms with Crippen molar-refractivity contribution in [2.24, 2.45) is 4.99 Å². The van der Waals surface area contributed by atoms with Gasteiger partial charge < -0.3 is 25.0 Å². The fourth-order valence-electron chi connectivity index (χ4n) is 4.37. The number of carbonyl (C=O) groups is 1. The molecular formula is C25H32N4O3. The predicted molar refractivity (Wildman–Crippen MR) is 128 cm³/mol. The van der Waals surface area contributed by atoms with Crippen molar-refractivity contribution in [3.8, 4) is 11.5 Å². The fraction of sp³-hybridized carbons (Fsp3) is 0.440. The van der Waals surface area contributed by atoms with Crippen LogP contribution in [0, 0.1) is 0 Å². The van der Waals surface area contributed by atoms with Crippen LogP contribution in [-0.4, -0.2) is 55.0 Å². The van der Waals surface area contributed by atoms with Crippen LogP contribution in [0.4, 0.5) is 11.4 Å². The van der Waals surface area contributed by atoms with E-state index in [-0.39, 0.29) is 11.4 Å². The zero-order valence-electron chi connectivity index (χ0n) is 19.5. The van der Waals surface area contributed by atoms with E-state index in [1.54, 1.807) is 32.4 Å². The standard InChI is InChI=1S/C25H32N4O3/c1-24(2,3)28-23-25(27-21-10-7-6-9-20(21)26-23)11-8-12-29(16-25)22(30)17-13-18(31-4)15-19(14-17)32-5/h6-7,9-10,13-15,27H,8,11-12,16H2,1-5H3,(H,26,28). The number of piperidine rings is 1. The third kappa shape index (κ3) is 4.38. The first-order valence-corrected chi connectivity index (χ1v) is 11.0. The van der Waals surface area contributed by atoms with E-state index >= 15 is 0 Å². The molecule has 7 heteroatoms. The highest BCUT2D eigenvalue weighted by molar-refractivity contribution is 6.10. The highest BCUT2D eigenvalue weighted by Gasteiger charge is 2.45. The minimum absolute atomic E-state index is 0.0444. The van der Waals surface area contributed by atoms with Gasteiger partial charge in [0.2, 0.25) is 0 Å². The Morgan fingerprint density at radius 1 is 1.06 bits per heavy atom. The molecule has 2 aromatic carbocycles. The summed E-state index contributed by atoms with van der Waals surface area (Å²) in [6, 6.07) is 13.4. The van der Waals surface area contributed by atoms with Gasteiger partial charge in [-0.15, -0.1) is 0 Å². The minimum Gasteiger partial charge on any atom is -0.497 e. The van der Waals surface area contributed by atoms with Gasteiger partial charge in [-0.25, -0.2) is 0 Å². The number of likely N-dealkylation sites (tertiary alicyclic amines) is 1. The minimum atomic E-state index is -0.474. The van der Waals surface area contributed by atoms with Crippen LogP contribution in [0.15, 0.2) is 47.5 Å². The van der Waals surface area contributed by atoms with Crippen LogP contribution in [0.2, 0.25) is 0 Å². The number of hydrogen-bond donors (Lipinski definition) is 2. The molecule has 2 N–H and O–H groups in total. The van der Waals surface area contributed by atoms with Crippen molar-refractivity contribution in [2.75, 3.05) is 37.9 Å². The second kappa shape index (κ2) is 8.37. The molecule has 2 heterocycles. The van der Waals surface area contributed by atoms with Gasteiger partial charge in [-0.3, -0.25) is 9.79 Å². The third-order valence-electron chi connectivity index (χ3n) is 5.83. The Bertz CT molecular complexity index is 1020. The maximum Gasteiger partial charge on any atom is 0.254 e. The molecule has 170 valence electrons. The van der Waals surface area contributed by atoms with Gasteiger partial charge in [0.25, 0.3) is 5.91 Å². The summed E-state index contributed by atoms with van der Waals surface area (Å²) in [4.78, 5) is 20.5. The van der Waals surface area contributed by atoms with E-state index in [2.05, 4.69) is 37.5 Å². The van der Waals surface area contributed by atoms with Crippen molar-refractivity contribution in [2.45, 2.75) is 44.7 Å². The number of aliphatic imine (C=N–C) groups is 1. The van der Waals surface area contributed by atoms with Crippen LogP contribution in [0.3, 0.4) is 0 Å². The number of fused-ring (bicyclic) bond motifs is 1. The summed E-state index contributed by atoms with van der Waals surface area (Å²) in [6.07, 6.45) is 1.75. The number of rotatable bonds is 3. The smallest absolute Gasteiger partial charge is 0.254 e. The SMILES string of the molecule is COc1cc(OC)cc(C(=O)N2CCCC3(C2)Nc2ccccc2NC3=NC(C)(C)C)c1. The Hall–Kier alpha value is -3.22. The molecule has 2 aromatic rings. The number of para-hydroxylation sites is 2. The number of carbonyl (C=O) groups excluding carboxylic acids is 1. The monoisotopic (exact) mass is 436 g/mol. The van der Waals surface area contributed by atoms with Crippen LogP contribution in [0.25, 0.3) is 0 Å². The number of ether oxygens (including phenoxy) is 2. The molecule has 7 nitrogen and oxygen atoms in total. The second-order valence-electron chi connectivity index (χ2n) is 9.44. The molecule has 0 aromatic heterocycles. The fourth-order valence-corrected chi connectivity index (χ4v) is 4.37. The second-order valence-corrected chi connectivity index (χ2v) is 9.44. The van der Waals surface area contributed by atoms with Crippen LogP contribution < -0.4 is 20.1 Å². The highest BCUT2D eigenvalue weighted by Crippen LogP contribution is 2.37. The van der Waals surface area contributed by atoms with E-state index in [0.29, 0.717) is 30.2 Å². The van der Waals surface area contributed by atoms with Crippen molar-refractivity contribution in [3.63, 3.8) is 0 Å². The molecule has 1 fully saturated rings. The van der Waals surface area contributed by atoms with E-state index in [1.807, 2.05) is 23.1 Å². The van der Waals surface area contributed by atoms with Crippen molar-refractivity contribution in [1.29, 1.82) is 0 Å². The normalized spacial score (nSPS) is 21.5. The highest BCUT2D eigenvalue weighted by atomic mass is 16.5. The number of amides is 1. The van der Waals surface area contributed by atoms with Gasteiger partial charge in [-0.1, -0.05) is 12.1 Å². The van der Waals surface area contributed by atoms with Crippen molar-refractivity contribution >= 4 is 23.1 Å². The summed E-state index contributed by atoms with van der Waals surface area (Å²) < 4.78 is 10.7. The Balaban J connectivity index is 1.69. The number of nitrogens with one attached hydrogen (secondary N) is 2. The lowest BCUT2D eigenvalue weighted by atomic mass is 9.84. The van der Waals surface area contributed by atoms with Crippen molar-refractivity contribution in [3.05, 3.63) is 48.0 Å². The lowest BCUT2D eigenvalue weighted by molar-refractivity contribution is 0.0693. The van der Waals surface area contributed by atoms with Gasteiger partial charge in [0.15, 0.2) is 0 Å². The molecule has 32 heavy (non-hydrogen) atoms. The summed E-state index contributed by atoms with van der Waals surface area (Å²) >= 11 is 0. The van der Waals surface area contributed by atoms with E-state index in [1.165, 1.54) is 0 Å². The number of benzene rings is 2. The molecule has 0 bridgehead atoms. The number of amidine groups is 1. The zero-order valence-corrected chi connectivity index (χ0v) is 19.5. The summed E-state index contributed by atoms with van der Waals surface area (Å²) in [5, 5.41) is 7.29. The quantitative estimate of drug-likeness (QED) is 0.745. The number of anilines is 2. The van der Waals surface area contributed by atoms with Crippen LogP contribution in [0.1, 0.15) is 44.0 Å². The lowest BCUT2D eigenvalue weighted by Gasteiger charge is -2.48. The van der Waals surface area contributed by atoms with Crippen LogP contribution in [-0.2, 0) is 0 Å². The molecule has 1 spiro atoms. The zero-order chi connectivity index (χ0) is 22.9. The van der Waals surface area contributed by atoms with Gasteiger partial charge in [-0.05, 0) is 57.9 Å². The molecule has 2 aliphatic heterocycles. The van der Waals surface area contributed by atoms with Gasteiger partial charge in [-0.2, -0.15) is 0 Å². The molecule has 2 aliphatic rings. The van der Waals surface area contributed by atoms with Crippen molar-refractivity contribution < 1.29 is 14.3 Å². The largest absolute Gasteiger partial charge is 0.497 e. The number of methoxy groups -OCH3 is 2. The summed E-state index contributed by atoms with van der Waals surface area (Å²) in [5.74, 6) is 2.03. The molecule has 1 saturated heterocycles. The maximum atomic E-state index is 13.5. The number of nitrogens with zero attached hydrogens (tertiary/aromatic N) is 2. The molecule has 0 radical (unpaired) electrons. The van der Waals surface area contributed by atoms with Gasteiger partial charge in [0.1, 0.15) is 22.9 Å². The lowest BCUT2D eigenvalue weighted by Crippen LogP contribution is -2.63. The van der Waals surface area contributed by atoms with Crippen molar-refractivity contribution in [1.82, 2.24) is 4.90 Å². The Labute approximate surface area is 189 Å². The average molecular weight is 437 g/mol. The van der Waals surface area contributed by atoms with Gasteiger partial charge in [0, 0.05) is 18.2 Å². The first-order valence-electron chi connectivity index (χ1n) is 11.0. The molecule has 4 rings (SSSR count). The Kier molecular flexibility index (Phi) is 5.75. The molecule has 1 unspecified atom stereocenters. The molecule has 0 saturated carbocycles. The molecule has 1 amide bonds. The topological polar surface area (TPSA) is 75.2 Å². The molecule has 1 atom stereocenters. The van der Waals surface area contributed by atoms with Gasteiger partial charge >= 0.3 is 0 Å². The average Bonchev–Trinajstić information content (AvgIpc) is 2.78. The number of hydrogen-bond acceptors (Lipinski definition) is 5. The first-order chi connectivity index (χ1) is 15.2. The summed E-state index contributed by atoms with van der Waals surface area (Å²) in [6.45, 7) is 7.46. The van der Waals surface area contributed by atoms with Gasteiger partial charge in [0.05, 0.1) is 37.7 Å². The van der Waals surface area contributed by atoms with Crippen LogP contribution >= 0.6 is 0 Å². The maximum absolute atomic E-state index is 13.5. The van der Waals surface area contributed by atoms with E-state index < -0.39 is 5.54 Å². The summed E-state index contributed by atoms with van der Waals surface area (Å²) in [5.41, 5.74) is 1.85. The molecular weight excluding hydrogens is 404 g/mol. The van der Waals surface area contributed by atoms with E-state index in [0.717, 1.165) is 30.1 Å². The van der Waals surface area contributed by atoms with E-state index in [9.17, 15) is 4.79 Å². The Morgan fingerprint density at radius 2 is 1.72 bits per heavy atom.